The van der Waals surface area contributed by atoms with E-state index in [2.05, 4.69) is 18.6 Å². The molecule has 0 aromatic heterocycles. The first-order chi connectivity index (χ1) is 12.7. The summed E-state index contributed by atoms with van der Waals surface area (Å²) in [5.41, 5.74) is 0. The second kappa shape index (κ2) is 14.4. The summed E-state index contributed by atoms with van der Waals surface area (Å²) in [6.07, 6.45) is 7.71. The zero-order valence-electron chi connectivity index (χ0n) is 17.0. The third-order valence-corrected chi connectivity index (χ3v) is 4.56. The zero-order valence-corrected chi connectivity index (χ0v) is 17.0. The molecular weight excluding hydrogens is 336 g/mol. The van der Waals surface area contributed by atoms with E-state index >= 15 is 0 Å². The molecule has 2 fully saturated rings. The van der Waals surface area contributed by atoms with Gasteiger partial charge in [-0.25, -0.2) is 0 Å². The van der Waals surface area contributed by atoms with E-state index in [4.69, 9.17) is 18.9 Å². The van der Waals surface area contributed by atoms with Crippen molar-refractivity contribution in [3.05, 3.63) is 0 Å². The highest BCUT2D eigenvalue weighted by Crippen LogP contribution is 2.31. The lowest BCUT2D eigenvalue weighted by molar-refractivity contribution is -0.154. The number of carbonyl (C=O) groups excluding carboxylic acids is 1. The molecule has 2 aliphatic heterocycles. The molecule has 0 saturated carbocycles. The normalized spacial score (nSPS) is 26.9. The minimum Gasteiger partial charge on any atom is -0.457 e. The van der Waals surface area contributed by atoms with Crippen molar-refractivity contribution in [2.75, 3.05) is 34.0 Å². The molecule has 2 saturated heterocycles. The number of ether oxygens (including phenoxy) is 5. The Balaban J connectivity index is 0. The highest BCUT2D eigenvalue weighted by Gasteiger charge is 2.49. The van der Waals surface area contributed by atoms with Crippen molar-refractivity contribution >= 4 is 5.97 Å². The number of carbonyl (C=O) groups is 1. The number of esters is 1. The average Bonchev–Trinajstić information content (AvgIpc) is 3.20. The minimum absolute atomic E-state index is 0. The van der Waals surface area contributed by atoms with Gasteiger partial charge in [0.1, 0.15) is 18.3 Å². The molecule has 0 aromatic carbocycles. The van der Waals surface area contributed by atoms with Gasteiger partial charge in [-0.3, -0.25) is 4.79 Å². The molecule has 2 aliphatic rings. The van der Waals surface area contributed by atoms with Crippen molar-refractivity contribution in [1.82, 2.24) is 0 Å². The molecule has 0 amide bonds. The summed E-state index contributed by atoms with van der Waals surface area (Å²) in [5, 5.41) is 0. The van der Waals surface area contributed by atoms with Crippen LogP contribution in [0.15, 0.2) is 0 Å². The second-order valence-corrected chi connectivity index (χ2v) is 6.96. The van der Waals surface area contributed by atoms with Gasteiger partial charge >= 0.3 is 5.97 Å². The molecule has 0 radical (unpaired) electrons. The highest BCUT2D eigenvalue weighted by molar-refractivity contribution is 5.69. The molecule has 0 aliphatic carbocycles. The lowest BCUT2D eigenvalue weighted by Crippen LogP contribution is -2.35. The Morgan fingerprint density at radius 1 is 0.923 bits per heavy atom. The molecule has 0 N–H and O–H groups in total. The van der Waals surface area contributed by atoms with Crippen LogP contribution in [0, 0.1) is 0 Å². The molecule has 0 aromatic rings. The fourth-order valence-corrected chi connectivity index (χ4v) is 3.18. The molecule has 2 rings (SSSR count). The van der Waals surface area contributed by atoms with Crippen molar-refractivity contribution in [3.8, 4) is 0 Å². The molecule has 2 heterocycles. The fourth-order valence-electron chi connectivity index (χ4n) is 3.18. The Hall–Kier alpha value is -0.690. The minimum atomic E-state index is -0.275. The summed E-state index contributed by atoms with van der Waals surface area (Å²) in [5.74, 6) is -0.133. The summed E-state index contributed by atoms with van der Waals surface area (Å²) in [7, 11) is 3.25. The van der Waals surface area contributed by atoms with Gasteiger partial charge in [0.2, 0.25) is 0 Å². The molecule has 4 atom stereocenters. The topological polar surface area (TPSA) is 63.2 Å². The van der Waals surface area contributed by atoms with Gasteiger partial charge in [-0.1, -0.05) is 46.0 Å². The van der Waals surface area contributed by atoms with Crippen LogP contribution in [-0.4, -0.2) is 64.4 Å². The SMILES string of the molecule is CCCCCCC(=O)O[C@@H]1COC2C1OC[C@H]2OCCCCC.COC.[HH].[HH]. The number of methoxy groups -OCH3 is 1. The first-order valence-electron chi connectivity index (χ1n) is 10.1. The Labute approximate surface area is 161 Å². The standard InChI is InChI=1S/C18H32O5.C2H6O.2H2/c1-3-5-7-8-10-16(19)23-15-13-22-17-14(12-21-18(15)17)20-11-9-6-4-2;1-3-2;;/h14-15,17-18H,3-13H2,1-2H3;1-2H3;2*1H/t14-,15-,17?,18?;;;/m1.../s1. The van der Waals surface area contributed by atoms with Gasteiger partial charge in [-0.15, -0.1) is 0 Å². The summed E-state index contributed by atoms with van der Waals surface area (Å²) in [4.78, 5) is 11.9. The first-order valence-corrected chi connectivity index (χ1v) is 10.1. The van der Waals surface area contributed by atoms with Gasteiger partial charge in [0.15, 0.2) is 6.10 Å². The van der Waals surface area contributed by atoms with E-state index in [1.165, 1.54) is 25.7 Å². The van der Waals surface area contributed by atoms with Crippen LogP contribution < -0.4 is 0 Å². The molecule has 6 heteroatoms. The molecule has 6 nitrogen and oxygen atoms in total. The molecule has 0 spiro atoms. The van der Waals surface area contributed by atoms with Crippen molar-refractivity contribution in [1.29, 1.82) is 0 Å². The molecule has 2 unspecified atom stereocenters. The second-order valence-electron chi connectivity index (χ2n) is 6.96. The number of rotatable bonds is 11. The van der Waals surface area contributed by atoms with Crippen molar-refractivity contribution in [2.24, 2.45) is 0 Å². The Kier molecular flexibility index (Phi) is 12.9. The van der Waals surface area contributed by atoms with Crippen LogP contribution in [0.2, 0.25) is 0 Å². The highest BCUT2D eigenvalue weighted by atomic mass is 16.7. The Morgan fingerprint density at radius 2 is 1.50 bits per heavy atom. The first kappa shape index (κ1) is 23.3. The molecule has 158 valence electrons. The summed E-state index contributed by atoms with van der Waals surface area (Å²) >= 11 is 0. The van der Waals surface area contributed by atoms with E-state index in [1.54, 1.807) is 14.2 Å². The smallest absolute Gasteiger partial charge is 0.306 e. The van der Waals surface area contributed by atoms with E-state index in [0.717, 1.165) is 25.9 Å². The third-order valence-electron chi connectivity index (χ3n) is 4.56. The van der Waals surface area contributed by atoms with Crippen molar-refractivity contribution in [3.63, 3.8) is 0 Å². The zero-order chi connectivity index (χ0) is 19.2. The maximum atomic E-state index is 11.9. The Bertz CT molecular complexity index is 373. The van der Waals surface area contributed by atoms with Crippen LogP contribution in [0.3, 0.4) is 0 Å². The lowest BCUT2D eigenvalue weighted by atomic mass is 10.1. The monoisotopic (exact) mass is 378 g/mol. The Morgan fingerprint density at radius 3 is 2.15 bits per heavy atom. The largest absolute Gasteiger partial charge is 0.457 e. The van der Waals surface area contributed by atoms with Gasteiger partial charge in [-0.2, -0.15) is 0 Å². The molecular formula is C20H42O6. The van der Waals surface area contributed by atoms with Crippen LogP contribution in [0.25, 0.3) is 0 Å². The number of unbranched alkanes of at least 4 members (excludes halogenated alkanes) is 5. The van der Waals surface area contributed by atoms with Gasteiger partial charge in [0.05, 0.1) is 13.2 Å². The van der Waals surface area contributed by atoms with Crippen LogP contribution in [-0.2, 0) is 28.5 Å². The number of hydrogen-bond acceptors (Lipinski definition) is 6. The van der Waals surface area contributed by atoms with Crippen LogP contribution in [0.4, 0.5) is 0 Å². The quantitative estimate of drug-likeness (QED) is 0.400. The summed E-state index contributed by atoms with van der Waals surface area (Å²) < 4.78 is 27.2. The van der Waals surface area contributed by atoms with Gasteiger partial charge in [-0.05, 0) is 12.8 Å². The lowest BCUT2D eigenvalue weighted by Gasteiger charge is -2.17. The van der Waals surface area contributed by atoms with Crippen molar-refractivity contribution < 1.29 is 31.3 Å². The summed E-state index contributed by atoms with van der Waals surface area (Å²) in [6.45, 7) is 6.04. The van der Waals surface area contributed by atoms with Crippen LogP contribution in [0.1, 0.15) is 68.1 Å². The van der Waals surface area contributed by atoms with E-state index in [-0.39, 0.29) is 33.2 Å². The molecule has 26 heavy (non-hydrogen) atoms. The summed E-state index contributed by atoms with van der Waals surface area (Å²) in [6, 6.07) is 0. The van der Waals surface area contributed by atoms with E-state index < -0.39 is 0 Å². The maximum absolute atomic E-state index is 11.9. The predicted octanol–water partition coefficient (Wildman–Crippen LogP) is 4.00. The number of fused-ring (bicyclic) bond motifs is 1. The van der Waals surface area contributed by atoms with Crippen molar-refractivity contribution in [2.45, 2.75) is 89.6 Å². The number of hydrogen-bond donors (Lipinski definition) is 0. The average molecular weight is 379 g/mol. The van der Waals surface area contributed by atoms with Crippen LogP contribution in [0.5, 0.6) is 0 Å². The third kappa shape index (κ3) is 8.33. The van der Waals surface area contributed by atoms with Gasteiger partial charge < -0.3 is 23.7 Å². The fraction of sp³-hybridized carbons (Fsp3) is 0.950. The van der Waals surface area contributed by atoms with Gasteiger partial charge in [0.25, 0.3) is 0 Å². The van der Waals surface area contributed by atoms with E-state index in [9.17, 15) is 4.79 Å². The van der Waals surface area contributed by atoms with Crippen LogP contribution >= 0.6 is 0 Å². The molecule has 0 bridgehead atoms. The van der Waals surface area contributed by atoms with E-state index in [0.29, 0.717) is 19.6 Å². The van der Waals surface area contributed by atoms with Gasteiger partial charge in [0, 0.05) is 30.1 Å². The van der Waals surface area contributed by atoms with E-state index in [1.807, 2.05) is 0 Å². The predicted molar refractivity (Wildman–Crippen MR) is 105 cm³/mol. The maximum Gasteiger partial charge on any atom is 0.306 e.